The highest BCUT2D eigenvalue weighted by Gasteiger charge is 2.12. The average Bonchev–Trinajstić information content (AvgIpc) is 2.71. The summed E-state index contributed by atoms with van der Waals surface area (Å²) >= 11 is 11.9. The summed E-state index contributed by atoms with van der Waals surface area (Å²) in [5, 5.41) is 0.883. The smallest absolute Gasteiger partial charge is 0.194 e. The van der Waals surface area contributed by atoms with Gasteiger partial charge < -0.3 is 4.42 Å². The maximum absolute atomic E-state index is 11.1. The van der Waals surface area contributed by atoms with Gasteiger partial charge in [-0.05, 0) is 24.3 Å². The lowest BCUT2D eigenvalue weighted by molar-refractivity contribution is 0.0988. The first-order valence-corrected chi connectivity index (χ1v) is 5.40. The Labute approximate surface area is 103 Å². The minimum atomic E-state index is -0.121. The van der Waals surface area contributed by atoms with Crippen LogP contribution in [0.2, 0.25) is 10.0 Å². The summed E-state index contributed by atoms with van der Waals surface area (Å²) in [6.45, 7) is 1.45. The van der Waals surface area contributed by atoms with Gasteiger partial charge in [0.25, 0.3) is 0 Å². The standard InChI is InChI=1S/C12H8Cl2O2/c1-7(15)10-5-6-11(16-10)8-3-2-4-9(13)12(8)14/h2-6H,1H3. The number of rotatable bonds is 2. The Morgan fingerprint density at radius 1 is 1.19 bits per heavy atom. The van der Waals surface area contributed by atoms with E-state index >= 15 is 0 Å². The van der Waals surface area contributed by atoms with Crippen molar-refractivity contribution in [1.29, 1.82) is 0 Å². The van der Waals surface area contributed by atoms with Gasteiger partial charge in [-0.15, -0.1) is 0 Å². The molecule has 0 aliphatic heterocycles. The fourth-order valence-corrected chi connectivity index (χ4v) is 1.76. The van der Waals surface area contributed by atoms with Crippen LogP contribution in [0.3, 0.4) is 0 Å². The van der Waals surface area contributed by atoms with Crippen LogP contribution >= 0.6 is 23.2 Å². The topological polar surface area (TPSA) is 30.2 Å². The fraction of sp³-hybridized carbons (Fsp3) is 0.0833. The van der Waals surface area contributed by atoms with Crippen LogP contribution in [-0.4, -0.2) is 5.78 Å². The number of hydrogen-bond acceptors (Lipinski definition) is 2. The molecule has 1 aromatic heterocycles. The second kappa shape index (κ2) is 4.32. The summed E-state index contributed by atoms with van der Waals surface area (Å²) in [6, 6.07) is 8.59. The summed E-state index contributed by atoms with van der Waals surface area (Å²) in [5.41, 5.74) is 0.682. The molecule has 0 atom stereocenters. The Hall–Kier alpha value is -1.25. The molecule has 16 heavy (non-hydrogen) atoms. The molecule has 0 saturated heterocycles. The van der Waals surface area contributed by atoms with E-state index in [2.05, 4.69) is 0 Å². The Bertz CT molecular complexity index is 544. The van der Waals surface area contributed by atoms with Gasteiger partial charge in [-0.1, -0.05) is 29.3 Å². The van der Waals surface area contributed by atoms with Gasteiger partial charge in [0.1, 0.15) is 5.76 Å². The van der Waals surface area contributed by atoms with Gasteiger partial charge in [0.05, 0.1) is 10.0 Å². The van der Waals surface area contributed by atoms with Crippen LogP contribution in [0.4, 0.5) is 0 Å². The van der Waals surface area contributed by atoms with Gasteiger partial charge >= 0.3 is 0 Å². The Morgan fingerprint density at radius 2 is 1.94 bits per heavy atom. The summed E-state index contributed by atoms with van der Waals surface area (Å²) in [7, 11) is 0. The highest BCUT2D eigenvalue weighted by molar-refractivity contribution is 6.43. The molecule has 0 aliphatic carbocycles. The van der Waals surface area contributed by atoms with Crippen molar-refractivity contribution in [3.8, 4) is 11.3 Å². The van der Waals surface area contributed by atoms with E-state index in [9.17, 15) is 4.79 Å². The Balaban J connectivity index is 2.50. The molecule has 2 rings (SSSR count). The lowest BCUT2D eigenvalue weighted by Crippen LogP contribution is -1.86. The van der Waals surface area contributed by atoms with Crippen LogP contribution in [0.1, 0.15) is 17.5 Å². The number of hydrogen-bond donors (Lipinski definition) is 0. The van der Waals surface area contributed by atoms with Crippen LogP contribution in [0, 0.1) is 0 Å². The van der Waals surface area contributed by atoms with Gasteiger partial charge in [-0.25, -0.2) is 0 Å². The molecule has 0 fully saturated rings. The summed E-state index contributed by atoms with van der Waals surface area (Å²) in [5.74, 6) is 0.730. The van der Waals surface area contributed by atoms with Crippen molar-refractivity contribution in [3.05, 3.63) is 46.1 Å². The normalized spacial score (nSPS) is 10.4. The molecule has 4 heteroatoms. The van der Waals surface area contributed by atoms with Gasteiger partial charge in [0.15, 0.2) is 11.5 Å². The molecule has 0 bridgehead atoms. The van der Waals surface area contributed by atoms with Crippen LogP contribution in [-0.2, 0) is 0 Å². The number of Topliss-reactive ketones (excluding diaryl/α,β-unsaturated/α-hetero) is 1. The molecular weight excluding hydrogens is 247 g/mol. The van der Waals surface area contributed by atoms with Crippen molar-refractivity contribution in [2.24, 2.45) is 0 Å². The van der Waals surface area contributed by atoms with Crippen molar-refractivity contribution in [3.63, 3.8) is 0 Å². The van der Waals surface area contributed by atoms with Crippen molar-refractivity contribution in [1.82, 2.24) is 0 Å². The molecule has 0 amide bonds. The molecule has 1 aromatic carbocycles. The summed E-state index contributed by atoms with van der Waals surface area (Å²) < 4.78 is 5.37. The average molecular weight is 255 g/mol. The maximum Gasteiger partial charge on any atom is 0.194 e. The predicted molar refractivity (Wildman–Crippen MR) is 64.2 cm³/mol. The number of furan rings is 1. The summed E-state index contributed by atoms with van der Waals surface area (Å²) in [4.78, 5) is 11.1. The second-order valence-corrected chi connectivity index (χ2v) is 4.11. The van der Waals surface area contributed by atoms with Crippen LogP contribution < -0.4 is 0 Å². The first-order chi connectivity index (χ1) is 7.59. The first kappa shape index (κ1) is 11.2. The van der Waals surface area contributed by atoms with Gasteiger partial charge in [-0.2, -0.15) is 0 Å². The van der Waals surface area contributed by atoms with Crippen LogP contribution in [0.15, 0.2) is 34.7 Å². The minimum absolute atomic E-state index is 0.121. The van der Waals surface area contributed by atoms with E-state index in [1.165, 1.54) is 6.92 Å². The third kappa shape index (κ3) is 1.99. The molecule has 82 valence electrons. The largest absolute Gasteiger partial charge is 0.453 e. The SMILES string of the molecule is CC(=O)c1ccc(-c2cccc(Cl)c2Cl)o1. The molecule has 1 heterocycles. The lowest BCUT2D eigenvalue weighted by Gasteiger charge is -2.01. The van der Waals surface area contributed by atoms with Crippen molar-refractivity contribution in [2.75, 3.05) is 0 Å². The Kier molecular flexibility index (Phi) is 3.03. The van der Waals surface area contributed by atoms with Crippen molar-refractivity contribution >= 4 is 29.0 Å². The van der Waals surface area contributed by atoms with Crippen molar-refractivity contribution in [2.45, 2.75) is 6.92 Å². The summed E-state index contributed by atoms with van der Waals surface area (Å²) in [6.07, 6.45) is 0. The zero-order chi connectivity index (χ0) is 11.7. The monoisotopic (exact) mass is 254 g/mol. The Morgan fingerprint density at radius 3 is 2.56 bits per heavy atom. The van der Waals surface area contributed by atoms with Crippen LogP contribution in [0.25, 0.3) is 11.3 Å². The van der Waals surface area contributed by atoms with Crippen molar-refractivity contribution < 1.29 is 9.21 Å². The zero-order valence-corrected chi connectivity index (χ0v) is 9.97. The van der Waals surface area contributed by atoms with E-state index in [1.54, 1.807) is 30.3 Å². The third-order valence-electron chi connectivity index (χ3n) is 2.17. The molecule has 0 N–H and O–H groups in total. The number of benzene rings is 1. The van der Waals surface area contributed by atoms with E-state index in [0.29, 0.717) is 27.1 Å². The van der Waals surface area contributed by atoms with E-state index in [0.717, 1.165) is 0 Å². The van der Waals surface area contributed by atoms with Gasteiger partial charge in [0.2, 0.25) is 0 Å². The highest BCUT2D eigenvalue weighted by Crippen LogP contribution is 2.34. The number of carbonyl (C=O) groups excluding carboxylic acids is 1. The second-order valence-electron chi connectivity index (χ2n) is 3.32. The van der Waals surface area contributed by atoms with E-state index in [-0.39, 0.29) is 5.78 Å². The highest BCUT2D eigenvalue weighted by atomic mass is 35.5. The first-order valence-electron chi connectivity index (χ1n) is 4.65. The molecular formula is C12H8Cl2O2. The third-order valence-corrected chi connectivity index (χ3v) is 2.99. The van der Waals surface area contributed by atoms with Crippen LogP contribution in [0.5, 0.6) is 0 Å². The predicted octanol–water partition coefficient (Wildman–Crippen LogP) is 4.46. The minimum Gasteiger partial charge on any atom is -0.453 e. The number of ketones is 1. The van der Waals surface area contributed by atoms with E-state index < -0.39 is 0 Å². The quantitative estimate of drug-likeness (QED) is 0.741. The molecule has 0 unspecified atom stereocenters. The van der Waals surface area contributed by atoms with E-state index in [1.807, 2.05) is 0 Å². The molecule has 0 aliphatic rings. The van der Waals surface area contributed by atoms with Gasteiger partial charge in [0, 0.05) is 12.5 Å². The number of carbonyl (C=O) groups is 1. The molecule has 2 aromatic rings. The van der Waals surface area contributed by atoms with Gasteiger partial charge in [-0.3, -0.25) is 4.79 Å². The zero-order valence-electron chi connectivity index (χ0n) is 8.46. The molecule has 2 nitrogen and oxygen atoms in total. The molecule has 0 saturated carbocycles. The molecule has 0 radical (unpaired) electrons. The fourth-order valence-electron chi connectivity index (χ4n) is 1.37. The number of halogens is 2. The van der Waals surface area contributed by atoms with E-state index in [4.69, 9.17) is 27.6 Å². The molecule has 0 spiro atoms. The lowest BCUT2D eigenvalue weighted by atomic mass is 10.2. The maximum atomic E-state index is 11.1.